The van der Waals surface area contributed by atoms with E-state index in [1.807, 2.05) is 44.0 Å². The van der Waals surface area contributed by atoms with E-state index < -0.39 is 17.7 Å². The number of nitrogens with zero attached hydrogens (tertiary/aromatic N) is 2. The number of aliphatic hydroxyl groups is 1. The van der Waals surface area contributed by atoms with Crippen LogP contribution in [0.5, 0.6) is 17.2 Å². The molecule has 1 saturated heterocycles. The summed E-state index contributed by atoms with van der Waals surface area (Å²) in [6.07, 6.45) is 0. The lowest BCUT2D eigenvalue weighted by Crippen LogP contribution is -2.29. The first kappa shape index (κ1) is 25.2. The molecule has 1 atom stereocenters. The van der Waals surface area contributed by atoms with E-state index in [4.69, 9.17) is 14.2 Å². The third-order valence-corrected chi connectivity index (χ3v) is 6.68. The summed E-state index contributed by atoms with van der Waals surface area (Å²) in [7, 11) is 1.94. The number of Topliss-reactive ketones (excluding diaryl/α,β-unsaturated/α-hetero) is 1. The van der Waals surface area contributed by atoms with Gasteiger partial charge in [0.25, 0.3) is 11.7 Å². The molecule has 0 bridgehead atoms. The number of ether oxygens (including phenoxy) is 3. The maximum absolute atomic E-state index is 13.5. The number of fused-ring (bicyclic) bond motifs is 1. The summed E-state index contributed by atoms with van der Waals surface area (Å²) in [5, 5.41) is 11.5. The summed E-state index contributed by atoms with van der Waals surface area (Å²) in [5.41, 5.74) is 2.40. The van der Waals surface area contributed by atoms with Crippen LogP contribution in [0.4, 0.5) is 11.4 Å². The number of anilines is 2. The third kappa shape index (κ3) is 4.53. The molecular weight excluding hydrogens is 484 g/mol. The molecule has 0 spiro atoms. The number of aliphatic hydroxyl groups excluding tert-OH is 1. The lowest BCUT2D eigenvalue weighted by Gasteiger charge is -2.28. The normalized spacial score (nSPS) is 18.2. The van der Waals surface area contributed by atoms with Crippen molar-refractivity contribution in [3.8, 4) is 17.2 Å². The molecule has 196 valence electrons. The van der Waals surface area contributed by atoms with Crippen LogP contribution in [0, 0.1) is 0 Å². The smallest absolute Gasteiger partial charge is 0.300 e. The maximum atomic E-state index is 13.5. The number of hydrogen-bond donors (Lipinski definition) is 1. The Morgan fingerprint density at radius 2 is 1.71 bits per heavy atom. The highest BCUT2D eigenvalue weighted by Gasteiger charge is 2.47. The van der Waals surface area contributed by atoms with Crippen molar-refractivity contribution in [2.24, 2.45) is 0 Å². The summed E-state index contributed by atoms with van der Waals surface area (Å²) < 4.78 is 17.0. The molecule has 8 nitrogen and oxygen atoms in total. The quantitative estimate of drug-likeness (QED) is 0.271. The van der Waals surface area contributed by atoms with Crippen LogP contribution in [-0.4, -0.2) is 50.2 Å². The molecule has 1 amide bonds. The molecular formula is C30H30N2O6. The fourth-order valence-electron chi connectivity index (χ4n) is 4.88. The van der Waals surface area contributed by atoms with Crippen molar-refractivity contribution >= 4 is 28.8 Å². The molecule has 0 radical (unpaired) electrons. The molecule has 0 saturated carbocycles. The minimum atomic E-state index is -0.863. The second-order valence-corrected chi connectivity index (χ2v) is 9.05. The van der Waals surface area contributed by atoms with Gasteiger partial charge in [-0.05, 0) is 74.0 Å². The Morgan fingerprint density at radius 3 is 2.45 bits per heavy atom. The van der Waals surface area contributed by atoms with Gasteiger partial charge < -0.3 is 24.2 Å². The zero-order valence-corrected chi connectivity index (χ0v) is 21.6. The fourth-order valence-corrected chi connectivity index (χ4v) is 4.88. The van der Waals surface area contributed by atoms with Gasteiger partial charge in [-0.2, -0.15) is 0 Å². The highest BCUT2D eigenvalue weighted by Crippen LogP contribution is 2.44. The van der Waals surface area contributed by atoms with Crippen LogP contribution in [0.1, 0.15) is 31.0 Å². The summed E-state index contributed by atoms with van der Waals surface area (Å²) in [4.78, 5) is 30.4. The topological polar surface area (TPSA) is 88.5 Å². The van der Waals surface area contributed by atoms with Gasteiger partial charge in [-0.25, -0.2) is 0 Å². The van der Waals surface area contributed by atoms with Crippen molar-refractivity contribution in [3.63, 3.8) is 0 Å². The van der Waals surface area contributed by atoms with E-state index in [9.17, 15) is 14.7 Å². The van der Waals surface area contributed by atoms with Gasteiger partial charge >= 0.3 is 0 Å². The van der Waals surface area contributed by atoms with E-state index in [0.29, 0.717) is 60.4 Å². The first-order valence-corrected chi connectivity index (χ1v) is 12.7. The van der Waals surface area contributed by atoms with Gasteiger partial charge in [0.05, 0.1) is 37.1 Å². The average Bonchev–Trinajstić information content (AvgIpc) is 3.19. The van der Waals surface area contributed by atoms with Gasteiger partial charge in [0.1, 0.15) is 29.6 Å². The SMILES string of the molecule is CCOc1ccc(N2C(=O)C(=O)/C(=C(\O)c3ccc4c(c3)N(C)CCO4)C2c2cccc(OCC)c2)cc1. The number of rotatable bonds is 7. The molecule has 8 heteroatoms. The van der Waals surface area contributed by atoms with E-state index in [0.717, 1.165) is 5.69 Å². The zero-order valence-electron chi connectivity index (χ0n) is 21.6. The van der Waals surface area contributed by atoms with Crippen molar-refractivity contribution in [3.05, 3.63) is 83.4 Å². The van der Waals surface area contributed by atoms with Crippen molar-refractivity contribution in [2.75, 3.05) is 43.2 Å². The number of amides is 1. The minimum Gasteiger partial charge on any atom is -0.507 e. The number of likely N-dealkylation sites (N-methyl/N-ethyl adjacent to an activating group) is 1. The highest BCUT2D eigenvalue weighted by molar-refractivity contribution is 6.51. The van der Waals surface area contributed by atoms with Gasteiger partial charge in [0, 0.05) is 18.3 Å². The number of ketones is 1. The Morgan fingerprint density at radius 1 is 0.974 bits per heavy atom. The Balaban J connectivity index is 1.66. The van der Waals surface area contributed by atoms with Crippen molar-refractivity contribution in [1.82, 2.24) is 0 Å². The number of carbonyl (C=O) groups excluding carboxylic acids is 2. The van der Waals surface area contributed by atoms with Crippen LogP contribution in [0.2, 0.25) is 0 Å². The molecule has 0 aliphatic carbocycles. The molecule has 2 aliphatic rings. The van der Waals surface area contributed by atoms with Crippen LogP contribution in [-0.2, 0) is 9.59 Å². The zero-order chi connectivity index (χ0) is 26.8. The Labute approximate surface area is 221 Å². The predicted molar refractivity (Wildman–Crippen MR) is 145 cm³/mol. The van der Waals surface area contributed by atoms with Crippen LogP contribution < -0.4 is 24.0 Å². The van der Waals surface area contributed by atoms with Gasteiger partial charge in [0.2, 0.25) is 0 Å². The van der Waals surface area contributed by atoms with Crippen LogP contribution >= 0.6 is 0 Å². The number of benzene rings is 3. The molecule has 3 aromatic carbocycles. The summed E-state index contributed by atoms with van der Waals surface area (Å²) in [6.45, 7) is 6.02. The molecule has 38 heavy (non-hydrogen) atoms. The molecule has 1 N–H and O–H groups in total. The largest absolute Gasteiger partial charge is 0.507 e. The van der Waals surface area contributed by atoms with E-state index in [2.05, 4.69) is 0 Å². The average molecular weight is 515 g/mol. The number of carbonyl (C=O) groups is 2. The molecule has 3 aromatic rings. The molecule has 1 unspecified atom stereocenters. The molecule has 2 aliphatic heterocycles. The Bertz CT molecular complexity index is 1400. The molecule has 1 fully saturated rings. The van der Waals surface area contributed by atoms with Gasteiger partial charge in [-0.15, -0.1) is 0 Å². The van der Waals surface area contributed by atoms with Crippen molar-refractivity contribution in [1.29, 1.82) is 0 Å². The second kappa shape index (κ2) is 10.5. The highest BCUT2D eigenvalue weighted by atomic mass is 16.5. The third-order valence-electron chi connectivity index (χ3n) is 6.68. The minimum absolute atomic E-state index is 0.0110. The van der Waals surface area contributed by atoms with Gasteiger partial charge in [-0.3, -0.25) is 14.5 Å². The number of hydrogen-bond acceptors (Lipinski definition) is 7. The molecule has 2 heterocycles. The molecule has 0 aromatic heterocycles. The van der Waals surface area contributed by atoms with Crippen LogP contribution in [0.25, 0.3) is 5.76 Å². The maximum Gasteiger partial charge on any atom is 0.300 e. The van der Waals surface area contributed by atoms with E-state index in [1.54, 1.807) is 48.5 Å². The predicted octanol–water partition coefficient (Wildman–Crippen LogP) is 4.94. The molecule has 5 rings (SSSR count). The van der Waals surface area contributed by atoms with E-state index >= 15 is 0 Å². The Hall–Kier alpha value is -4.46. The van der Waals surface area contributed by atoms with E-state index in [1.165, 1.54) is 4.90 Å². The van der Waals surface area contributed by atoms with Crippen LogP contribution in [0.15, 0.2) is 72.3 Å². The standard InChI is InChI=1S/C30H30N2O6/c1-4-36-22-12-10-21(11-13-22)32-27(19-7-6-8-23(17-19)37-5-2)26(29(34)30(32)35)28(33)20-9-14-25-24(18-20)31(3)15-16-38-25/h6-14,17-18,27,33H,4-5,15-16H2,1-3H3/b28-26-. The monoisotopic (exact) mass is 514 g/mol. The second-order valence-electron chi connectivity index (χ2n) is 9.05. The van der Waals surface area contributed by atoms with Gasteiger partial charge in [-0.1, -0.05) is 12.1 Å². The lowest BCUT2D eigenvalue weighted by molar-refractivity contribution is -0.132. The van der Waals surface area contributed by atoms with Crippen molar-refractivity contribution < 1.29 is 28.9 Å². The Kier molecular flexibility index (Phi) is 6.96. The van der Waals surface area contributed by atoms with E-state index in [-0.39, 0.29) is 11.3 Å². The first-order chi connectivity index (χ1) is 18.4. The summed E-state index contributed by atoms with van der Waals surface area (Å²) in [5.74, 6) is 0.237. The fraction of sp³-hybridized carbons (Fsp3) is 0.267. The van der Waals surface area contributed by atoms with Crippen LogP contribution in [0.3, 0.4) is 0 Å². The summed E-state index contributed by atoms with van der Waals surface area (Å²) >= 11 is 0. The first-order valence-electron chi connectivity index (χ1n) is 12.7. The van der Waals surface area contributed by atoms with Gasteiger partial charge in [0.15, 0.2) is 0 Å². The summed E-state index contributed by atoms with van der Waals surface area (Å²) in [6, 6.07) is 18.6. The van der Waals surface area contributed by atoms with Crippen molar-refractivity contribution in [2.45, 2.75) is 19.9 Å². The lowest BCUT2D eigenvalue weighted by atomic mass is 9.94.